The average molecular weight is 317 g/mol. The Balaban J connectivity index is 1.34. The Morgan fingerprint density at radius 2 is 2.00 bits per heavy atom. The van der Waals surface area contributed by atoms with Gasteiger partial charge >= 0.3 is 6.16 Å². The van der Waals surface area contributed by atoms with Gasteiger partial charge < -0.3 is 19.1 Å². The number of cyclic esters (lactones) is 1. The number of likely N-dealkylation sites (tertiary alicyclic amines) is 1. The van der Waals surface area contributed by atoms with Crippen molar-refractivity contribution in [3.8, 4) is 5.75 Å². The summed E-state index contributed by atoms with van der Waals surface area (Å²) in [6, 6.07) is 8.36. The Labute approximate surface area is 136 Å². The Kier molecular flexibility index (Phi) is 3.89. The molecule has 0 aromatic heterocycles. The van der Waals surface area contributed by atoms with Crippen LogP contribution in [-0.4, -0.2) is 49.5 Å². The van der Waals surface area contributed by atoms with Crippen LogP contribution in [0.5, 0.6) is 5.75 Å². The van der Waals surface area contributed by atoms with Crippen LogP contribution in [0.3, 0.4) is 0 Å². The Bertz CT molecular complexity index is 580. The van der Waals surface area contributed by atoms with Crippen molar-refractivity contribution in [2.75, 3.05) is 32.8 Å². The molecule has 3 aliphatic heterocycles. The molecule has 2 fully saturated rings. The topological polar surface area (TPSA) is 48.0 Å². The standard InChI is InChI=1S/C18H23NO4/c20-17-22-13-18(23-17)6-8-19(9-7-18)12-14-5-10-21-16-4-2-1-3-15(16)11-14/h1-4,14H,5-13H2/t14-/m0/s1. The van der Waals surface area contributed by atoms with Crippen molar-refractivity contribution in [2.24, 2.45) is 5.92 Å². The van der Waals surface area contributed by atoms with E-state index in [0.29, 0.717) is 12.5 Å². The van der Waals surface area contributed by atoms with Crippen LogP contribution in [0.4, 0.5) is 4.79 Å². The first-order chi connectivity index (χ1) is 11.2. The average Bonchev–Trinajstić information content (AvgIpc) is 2.79. The smallest absolute Gasteiger partial charge is 0.493 e. The van der Waals surface area contributed by atoms with Gasteiger partial charge in [-0.1, -0.05) is 18.2 Å². The van der Waals surface area contributed by atoms with Gasteiger partial charge in [0.1, 0.15) is 12.4 Å². The molecule has 5 heteroatoms. The maximum absolute atomic E-state index is 11.2. The zero-order valence-electron chi connectivity index (χ0n) is 13.3. The summed E-state index contributed by atoms with van der Waals surface area (Å²) in [4.78, 5) is 13.7. The van der Waals surface area contributed by atoms with E-state index in [4.69, 9.17) is 14.2 Å². The van der Waals surface area contributed by atoms with E-state index in [1.165, 1.54) is 5.56 Å². The zero-order chi connectivity index (χ0) is 15.7. The third-order valence-electron chi connectivity index (χ3n) is 5.30. The second-order valence-corrected chi connectivity index (χ2v) is 6.94. The third kappa shape index (κ3) is 3.15. The molecule has 23 heavy (non-hydrogen) atoms. The SMILES string of the molecule is O=C1OCC2(CCN(C[C@H]3CCOc4ccccc4C3)CC2)O1. The Morgan fingerprint density at radius 1 is 1.17 bits per heavy atom. The van der Waals surface area contributed by atoms with Gasteiger partial charge in [-0.3, -0.25) is 0 Å². The van der Waals surface area contributed by atoms with Crippen molar-refractivity contribution in [1.82, 2.24) is 4.90 Å². The van der Waals surface area contributed by atoms with Crippen LogP contribution in [0.25, 0.3) is 0 Å². The van der Waals surface area contributed by atoms with Crippen molar-refractivity contribution in [3.63, 3.8) is 0 Å². The fourth-order valence-corrected chi connectivity index (χ4v) is 3.90. The van der Waals surface area contributed by atoms with Gasteiger partial charge in [0.15, 0.2) is 5.60 Å². The first kappa shape index (κ1) is 14.8. The van der Waals surface area contributed by atoms with E-state index >= 15 is 0 Å². The van der Waals surface area contributed by atoms with Crippen molar-refractivity contribution < 1.29 is 19.0 Å². The minimum atomic E-state index is -0.504. The van der Waals surface area contributed by atoms with E-state index in [1.54, 1.807) is 0 Å². The predicted molar refractivity (Wildman–Crippen MR) is 84.6 cm³/mol. The molecule has 5 nitrogen and oxygen atoms in total. The second-order valence-electron chi connectivity index (χ2n) is 6.94. The van der Waals surface area contributed by atoms with Gasteiger partial charge in [-0.2, -0.15) is 0 Å². The first-order valence-corrected chi connectivity index (χ1v) is 8.51. The largest absolute Gasteiger partial charge is 0.509 e. The predicted octanol–water partition coefficient (Wildman–Crippen LogP) is 2.63. The summed E-state index contributed by atoms with van der Waals surface area (Å²) in [5.41, 5.74) is 0.967. The highest BCUT2D eigenvalue weighted by molar-refractivity contribution is 5.62. The first-order valence-electron chi connectivity index (χ1n) is 8.51. The number of ether oxygens (including phenoxy) is 3. The summed E-state index contributed by atoms with van der Waals surface area (Å²) < 4.78 is 16.2. The Hall–Kier alpha value is -1.75. The molecule has 1 aromatic rings. The van der Waals surface area contributed by atoms with E-state index < -0.39 is 6.16 Å². The molecule has 0 aliphatic carbocycles. The van der Waals surface area contributed by atoms with Crippen molar-refractivity contribution in [2.45, 2.75) is 31.3 Å². The van der Waals surface area contributed by atoms with E-state index in [2.05, 4.69) is 23.1 Å². The molecule has 1 aromatic carbocycles. The van der Waals surface area contributed by atoms with E-state index in [0.717, 1.165) is 57.7 Å². The molecule has 0 unspecified atom stereocenters. The lowest BCUT2D eigenvalue weighted by Crippen LogP contribution is -2.47. The van der Waals surface area contributed by atoms with Gasteiger partial charge in [0.2, 0.25) is 0 Å². The number of hydrogen-bond acceptors (Lipinski definition) is 5. The molecule has 0 N–H and O–H groups in total. The van der Waals surface area contributed by atoms with Crippen LogP contribution < -0.4 is 4.74 Å². The lowest BCUT2D eigenvalue weighted by atomic mass is 9.90. The summed E-state index contributed by atoms with van der Waals surface area (Å²) in [6.07, 6.45) is 3.41. The number of hydrogen-bond donors (Lipinski definition) is 0. The van der Waals surface area contributed by atoms with Gasteiger partial charge in [0.05, 0.1) is 6.61 Å². The highest BCUT2D eigenvalue weighted by atomic mass is 16.8. The van der Waals surface area contributed by atoms with Gasteiger partial charge in [-0.15, -0.1) is 0 Å². The molecule has 1 spiro atoms. The second kappa shape index (κ2) is 6.04. The van der Waals surface area contributed by atoms with Gasteiger partial charge in [-0.05, 0) is 30.4 Å². The molecular weight excluding hydrogens is 294 g/mol. The summed E-state index contributed by atoms with van der Waals surface area (Å²) in [6.45, 7) is 4.24. The van der Waals surface area contributed by atoms with Gasteiger partial charge in [0.25, 0.3) is 0 Å². The molecular formula is C18H23NO4. The summed E-state index contributed by atoms with van der Waals surface area (Å²) in [7, 11) is 0. The number of piperidine rings is 1. The van der Waals surface area contributed by atoms with Crippen molar-refractivity contribution in [3.05, 3.63) is 29.8 Å². The fraction of sp³-hybridized carbons (Fsp3) is 0.611. The minimum absolute atomic E-state index is 0.354. The van der Waals surface area contributed by atoms with E-state index in [9.17, 15) is 4.79 Å². The van der Waals surface area contributed by atoms with E-state index in [1.807, 2.05) is 6.07 Å². The molecule has 0 amide bonds. The fourth-order valence-electron chi connectivity index (χ4n) is 3.90. The van der Waals surface area contributed by atoms with E-state index in [-0.39, 0.29) is 5.60 Å². The molecule has 3 aliphatic rings. The number of carbonyl (C=O) groups is 1. The lowest BCUT2D eigenvalue weighted by molar-refractivity contribution is -0.00351. The lowest BCUT2D eigenvalue weighted by Gasteiger charge is -2.37. The maximum Gasteiger partial charge on any atom is 0.509 e. The monoisotopic (exact) mass is 317 g/mol. The van der Waals surface area contributed by atoms with Crippen LogP contribution in [0.15, 0.2) is 24.3 Å². The number of carbonyl (C=O) groups excluding carboxylic acids is 1. The molecule has 2 saturated heterocycles. The van der Waals surface area contributed by atoms with Crippen LogP contribution in [-0.2, 0) is 15.9 Å². The zero-order valence-corrected chi connectivity index (χ0v) is 13.3. The van der Waals surface area contributed by atoms with Gasteiger partial charge in [0, 0.05) is 32.5 Å². The minimum Gasteiger partial charge on any atom is -0.493 e. The number of rotatable bonds is 2. The summed E-state index contributed by atoms with van der Waals surface area (Å²) in [5.74, 6) is 1.66. The van der Waals surface area contributed by atoms with Crippen LogP contribution in [0, 0.1) is 5.92 Å². The van der Waals surface area contributed by atoms with Crippen LogP contribution in [0.2, 0.25) is 0 Å². The van der Waals surface area contributed by atoms with Crippen molar-refractivity contribution in [1.29, 1.82) is 0 Å². The molecule has 4 rings (SSSR count). The number of fused-ring (bicyclic) bond motifs is 1. The highest BCUT2D eigenvalue weighted by Crippen LogP contribution is 2.33. The molecule has 0 radical (unpaired) electrons. The normalized spacial score (nSPS) is 26.8. The molecule has 0 saturated carbocycles. The Morgan fingerprint density at radius 3 is 2.78 bits per heavy atom. The highest BCUT2D eigenvalue weighted by Gasteiger charge is 2.44. The van der Waals surface area contributed by atoms with Crippen LogP contribution in [0.1, 0.15) is 24.8 Å². The molecule has 1 atom stereocenters. The van der Waals surface area contributed by atoms with Gasteiger partial charge in [-0.25, -0.2) is 4.79 Å². The summed E-state index contributed by atoms with van der Waals surface area (Å²) >= 11 is 0. The number of para-hydroxylation sites is 1. The maximum atomic E-state index is 11.2. The van der Waals surface area contributed by atoms with Crippen molar-refractivity contribution >= 4 is 6.16 Å². The summed E-state index contributed by atoms with van der Waals surface area (Å²) in [5, 5.41) is 0. The van der Waals surface area contributed by atoms with Crippen LogP contribution >= 0.6 is 0 Å². The number of nitrogens with zero attached hydrogens (tertiary/aromatic N) is 1. The third-order valence-corrected chi connectivity index (χ3v) is 5.30. The number of benzene rings is 1. The molecule has 3 heterocycles. The quantitative estimate of drug-likeness (QED) is 0.785. The molecule has 0 bridgehead atoms. The molecule has 124 valence electrons.